The van der Waals surface area contributed by atoms with Gasteiger partial charge in [-0.15, -0.1) is 0 Å². The van der Waals surface area contributed by atoms with Crippen LogP contribution in [0.1, 0.15) is 56.9 Å². The Bertz CT molecular complexity index is 707. The molecule has 160 valence electrons. The summed E-state index contributed by atoms with van der Waals surface area (Å²) in [6.07, 6.45) is 6.85. The molecular weight excluding hydrogens is 378 g/mol. The lowest BCUT2D eigenvalue weighted by atomic mass is 9.82. The van der Waals surface area contributed by atoms with Crippen LogP contribution in [0.25, 0.3) is 0 Å². The summed E-state index contributed by atoms with van der Waals surface area (Å²) in [5.41, 5.74) is 0.561. The highest BCUT2D eigenvalue weighted by Gasteiger charge is 2.51. The Morgan fingerprint density at radius 2 is 1.72 bits per heavy atom. The number of rotatable bonds is 5. The lowest BCUT2D eigenvalue weighted by molar-refractivity contribution is -0.152. The molecule has 2 heterocycles. The standard InChI is InChI=1S/C22H30F2N2O3/c23-21(24)29-19-9-3-16(4-10-19)15-25-13-1-11-22(25)12-2-14-26(20(22)28)17-5-7-18(27)8-6-17/h3-4,9-10,17-18,21,27H,1-2,5-8,11-15H2. The van der Waals surface area contributed by atoms with Crippen LogP contribution < -0.4 is 4.74 Å². The van der Waals surface area contributed by atoms with Crippen molar-refractivity contribution < 1.29 is 23.4 Å². The van der Waals surface area contributed by atoms with E-state index in [4.69, 9.17) is 0 Å². The van der Waals surface area contributed by atoms with E-state index in [1.807, 2.05) is 0 Å². The first-order valence-electron chi connectivity index (χ1n) is 10.8. The molecule has 7 heteroatoms. The lowest BCUT2D eigenvalue weighted by Crippen LogP contribution is -2.62. The van der Waals surface area contributed by atoms with Crippen LogP contribution in [0.15, 0.2) is 24.3 Å². The summed E-state index contributed by atoms with van der Waals surface area (Å²) in [6.45, 7) is -0.500. The molecule has 1 saturated carbocycles. The van der Waals surface area contributed by atoms with Crippen LogP contribution in [0, 0.1) is 0 Å². The van der Waals surface area contributed by atoms with Crippen molar-refractivity contribution in [3.05, 3.63) is 29.8 Å². The van der Waals surface area contributed by atoms with Crippen LogP contribution in [0.2, 0.25) is 0 Å². The summed E-state index contributed by atoms with van der Waals surface area (Å²) < 4.78 is 29.1. The predicted octanol–water partition coefficient (Wildman–Crippen LogP) is 3.55. The predicted molar refractivity (Wildman–Crippen MR) is 105 cm³/mol. The van der Waals surface area contributed by atoms with Crippen molar-refractivity contribution in [1.29, 1.82) is 0 Å². The van der Waals surface area contributed by atoms with Crippen molar-refractivity contribution in [3.63, 3.8) is 0 Å². The monoisotopic (exact) mass is 408 g/mol. The molecule has 1 aromatic rings. The van der Waals surface area contributed by atoms with Crippen LogP contribution in [0.5, 0.6) is 5.75 Å². The maximum Gasteiger partial charge on any atom is 0.387 e. The topological polar surface area (TPSA) is 53.0 Å². The Hall–Kier alpha value is -1.73. The van der Waals surface area contributed by atoms with Crippen LogP contribution in [0.3, 0.4) is 0 Å². The Labute approximate surface area is 170 Å². The molecule has 1 amide bonds. The van der Waals surface area contributed by atoms with Gasteiger partial charge in [0.1, 0.15) is 11.3 Å². The third-order valence-corrected chi connectivity index (χ3v) is 6.90. The van der Waals surface area contributed by atoms with E-state index in [1.165, 1.54) is 0 Å². The first-order valence-corrected chi connectivity index (χ1v) is 10.8. The second kappa shape index (κ2) is 8.56. The molecule has 1 N–H and O–H groups in total. The van der Waals surface area contributed by atoms with Gasteiger partial charge in [-0.3, -0.25) is 9.69 Å². The highest BCUT2D eigenvalue weighted by atomic mass is 19.3. The number of ether oxygens (including phenoxy) is 1. The largest absolute Gasteiger partial charge is 0.435 e. The van der Waals surface area contributed by atoms with Crippen molar-refractivity contribution in [3.8, 4) is 5.75 Å². The number of carbonyl (C=O) groups excluding carboxylic acids is 1. The van der Waals surface area contributed by atoms with Crippen LogP contribution >= 0.6 is 0 Å². The Balaban J connectivity index is 1.46. The number of piperidine rings is 1. The summed E-state index contributed by atoms with van der Waals surface area (Å²) in [7, 11) is 0. The number of carbonyl (C=O) groups is 1. The second-order valence-corrected chi connectivity index (χ2v) is 8.64. The minimum atomic E-state index is -2.82. The Morgan fingerprint density at radius 3 is 2.38 bits per heavy atom. The molecule has 3 fully saturated rings. The molecule has 1 spiro atoms. The van der Waals surface area contributed by atoms with Gasteiger partial charge in [0, 0.05) is 19.1 Å². The summed E-state index contributed by atoms with van der Waals surface area (Å²) in [4.78, 5) is 18.0. The lowest BCUT2D eigenvalue weighted by Gasteiger charge is -2.48. The van der Waals surface area contributed by atoms with E-state index in [1.54, 1.807) is 24.3 Å². The summed E-state index contributed by atoms with van der Waals surface area (Å²) in [6, 6.07) is 6.98. The second-order valence-electron chi connectivity index (χ2n) is 8.64. The minimum Gasteiger partial charge on any atom is -0.435 e. The van der Waals surface area contributed by atoms with Gasteiger partial charge in [0.25, 0.3) is 0 Å². The van der Waals surface area contributed by atoms with Gasteiger partial charge in [-0.2, -0.15) is 8.78 Å². The van der Waals surface area contributed by atoms with Crippen LogP contribution in [-0.2, 0) is 11.3 Å². The van der Waals surface area contributed by atoms with E-state index in [9.17, 15) is 18.7 Å². The van der Waals surface area contributed by atoms with Crippen molar-refractivity contribution in [2.24, 2.45) is 0 Å². The van der Waals surface area contributed by atoms with Gasteiger partial charge in [0.15, 0.2) is 0 Å². The fourth-order valence-corrected chi connectivity index (χ4v) is 5.42. The van der Waals surface area contributed by atoms with Crippen LogP contribution in [0.4, 0.5) is 8.78 Å². The third kappa shape index (κ3) is 4.26. The van der Waals surface area contributed by atoms with Gasteiger partial charge < -0.3 is 14.7 Å². The van der Waals surface area contributed by atoms with Crippen molar-refractivity contribution in [1.82, 2.24) is 9.80 Å². The fourth-order valence-electron chi connectivity index (χ4n) is 5.42. The normalized spacial score (nSPS) is 31.0. The fraction of sp³-hybridized carbons (Fsp3) is 0.682. The molecule has 2 saturated heterocycles. The number of benzene rings is 1. The first-order chi connectivity index (χ1) is 14.0. The van der Waals surface area contributed by atoms with E-state index < -0.39 is 12.2 Å². The van der Waals surface area contributed by atoms with E-state index in [2.05, 4.69) is 14.5 Å². The number of alkyl halides is 2. The van der Waals surface area contributed by atoms with E-state index >= 15 is 0 Å². The minimum absolute atomic E-state index is 0.152. The number of aliphatic hydroxyl groups is 1. The van der Waals surface area contributed by atoms with Gasteiger partial charge in [-0.25, -0.2) is 0 Å². The molecule has 0 radical (unpaired) electrons. The molecule has 29 heavy (non-hydrogen) atoms. The number of aliphatic hydroxyl groups excluding tert-OH is 1. The molecule has 0 aromatic heterocycles. The number of hydrogen-bond donors (Lipinski definition) is 1. The summed E-state index contributed by atoms with van der Waals surface area (Å²) in [5.74, 6) is 0.402. The number of amides is 1. The zero-order chi connectivity index (χ0) is 20.4. The molecule has 1 aromatic carbocycles. The smallest absolute Gasteiger partial charge is 0.387 e. The number of halogens is 2. The number of likely N-dealkylation sites (tertiary alicyclic amines) is 2. The molecule has 2 aliphatic heterocycles. The molecule has 0 bridgehead atoms. The van der Waals surface area contributed by atoms with Crippen LogP contribution in [-0.4, -0.2) is 58.2 Å². The highest BCUT2D eigenvalue weighted by molar-refractivity contribution is 5.87. The molecule has 1 unspecified atom stereocenters. The number of nitrogens with zero attached hydrogens (tertiary/aromatic N) is 2. The first kappa shape index (κ1) is 20.5. The van der Waals surface area contributed by atoms with E-state index in [0.29, 0.717) is 6.54 Å². The zero-order valence-corrected chi connectivity index (χ0v) is 16.7. The molecule has 1 atom stereocenters. The van der Waals surface area contributed by atoms with E-state index in [-0.39, 0.29) is 23.8 Å². The summed E-state index contributed by atoms with van der Waals surface area (Å²) >= 11 is 0. The third-order valence-electron chi connectivity index (χ3n) is 6.90. The SMILES string of the molecule is O=C1N(C2CCC(O)CC2)CCCC12CCCN2Cc1ccc(OC(F)F)cc1. The molecule has 1 aliphatic carbocycles. The average molecular weight is 408 g/mol. The number of hydrogen-bond acceptors (Lipinski definition) is 4. The van der Waals surface area contributed by atoms with Gasteiger partial charge in [-0.05, 0) is 75.6 Å². The van der Waals surface area contributed by atoms with Gasteiger partial charge in [-0.1, -0.05) is 12.1 Å². The Morgan fingerprint density at radius 1 is 1.07 bits per heavy atom. The summed E-state index contributed by atoms with van der Waals surface area (Å²) in [5, 5.41) is 9.81. The molecule has 5 nitrogen and oxygen atoms in total. The van der Waals surface area contributed by atoms with Gasteiger partial charge in [0.05, 0.1) is 6.10 Å². The van der Waals surface area contributed by atoms with Crippen molar-refractivity contribution in [2.45, 2.75) is 82.2 Å². The maximum atomic E-state index is 13.6. The quantitative estimate of drug-likeness (QED) is 0.810. The van der Waals surface area contributed by atoms with Gasteiger partial charge >= 0.3 is 6.61 Å². The maximum absolute atomic E-state index is 13.6. The van der Waals surface area contributed by atoms with E-state index in [0.717, 1.165) is 70.0 Å². The Kier molecular flexibility index (Phi) is 6.06. The van der Waals surface area contributed by atoms with Crippen molar-refractivity contribution in [2.75, 3.05) is 13.1 Å². The molecule has 3 aliphatic rings. The zero-order valence-electron chi connectivity index (χ0n) is 16.7. The van der Waals surface area contributed by atoms with Crippen molar-refractivity contribution >= 4 is 5.91 Å². The molecular formula is C22H30F2N2O3. The van der Waals surface area contributed by atoms with Gasteiger partial charge in [0.2, 0.25) is 5.91 Å². The highest BCUT2D eigenvalue weighted by Crippen LogP contribution is 2.41. The molecule has 4 rings (SSSR count). The average Bonchev–Trinajstić information content (AvgIpc) is 3.09.